The molecule has 4 nitrogen and oxygen atoms in total. The van der Waals surface area contributed by atoms with Gasteiger partial charge in [-0.3, -0.25) is 0 Å². The predicted octanol–water partition coefficient (Wildman–Crippen LogP) is 3.46. The molecule has 0 radical (unpaired) electrons. The molecular formula is C15H19ClN2O2S. The quantitative estimate of drug-likeness (QED) is 0.900. The second-order valence-corrected chi connectivity index (χ2v) is 7.78. The standard InChI is InChI=1S/C15H19ClN2O2S/c1-2-15(7-3-4-8-15)11-18-21(19,20)14-9-12(10-17)5-6-13(14)16/h5-6,9,18H,2-4,7-8,11H2,1H3. The summed E-state index contributed by atoms with van der Waals surface area (Å²) >= 11 is 5.97. The average molecular weight is 327 g/mol. The maximum Gasteiger partial charge on any atom is 0.242 e. The van der Waals surface area contributed by atoms with Crippen molar-refractivity contribution in [1.82, 2.24) is 4.72 Å². The molecule has 0 bridgehead atoms. The Hall–Kier alpha value is -1.09. The highest BCUT2D eigenvalue weighted by atomic mass is 35.5. The largest absolute Gasteiger partial charge is 0.242 e. The van der Waals surface area contributed by atoms with Crippen molar-refractivity contribution in [3.8, 4) is 6.07 Å². The van der Waals surface area contributed by atoms with E-state index < -0.39 is 10.0 Å². The fourth-order valence-electron chi connectivity index (χ4n) is 2.89. The van der Waals surface area contributed by atoms with Gasteiger partial charge >= 0.3 is 0 Å². The Kier molecular flexibility index (Phi) is 4.92. The van der Waals surface area contributed by atoms with Crippen molar-refractivity contribution >= 4 is 21.6 Å². The van der Waals surface area contributed by atoms with Crippen LogP contribution in [0.4, 0.5) is 0 Å². The molecule has 0 amide bonds. The van der Waals surface area contributed by atoms with E-state index in [9.17, 15) is 8.42 Å². The van der Waals surface area contributed by atoms with E-state index in [1.807, 2.05) is 6.07 Å². The van der Waals surface area contributed by atoms with Crippen LogP contribution in [0.5, 0.6) is 0 Å². The average Bonchev–Trinajstić information content (AvgIpc) is 2.95. The molecule has 1 aromatic carbocycles. The third-order valence-corrected chi connectivity index (χ3v) is 6.28. The Morgan fingerprint density at radius 2 is 2.05 bits per heavy atom. The van der Waals surface area contributed by atoms with Gasteiger partial charge < -0.3 is 0 Å². The molecule has 1 fully saturated rings. The predicted molar refractivity (Wildman–Crippen MR) is 82.5 cm³/mol. The SMILES string of the molecule is CCC1(CNS(=O)(=O)c2cc(C#N)ccc2Cl)CCCC1. The van der Waals surface area contributed by atoms with Crippen molar-refractivity contribution in [2.24, 2.45) is 5.41 Å². The van der Waals surface area contributed by atoms with Gasteiger partial charge in [0.2, 0.25) is 10.0 Å². The van der Waals surface area contributed by atoms with E-state index in [1.165, 1.54) is 18.2 Å². The second-order valence-electron chi connectivity index (χ2n) is 5.64. The summed E-state index contributed by atoms with van der Waals surface area (Å²) in [4.78, 5) is -0.0209. The maximum atomic E-state index is 12.4. The number of nitriles is 1. The first-order chi connectivity index (χ1) is 9.92. The molecule has 0 unspecified atom stereocenters. The second kappa shape index (κ2) is 6.35. The van der Waals surface area contributed by atoms with E-state index in [1.54, 1.807) is 0 Å². The fraction of sp³-hybridized carbons (Fsp3) is 0.533. The number of halogens is 1. The highest BCUT2D eigenvalue weighted by Gasteiger charge is 2.33. The first-order valence-corrected chi connectivity index (χ1v) is 8.98. The number of nitrogens with one attached hydrogen (secondary N) is 1. The van der Waals surface area contributed by atoms with Gasteiger partial charge in [0.25, 0.3) is 0 Å². The summed E-state index contributed by atoms with van der Waals surface area (Å²) in [5, 5.41) is 9.03. The van der Waals surface area contributed by atoms with E-state index in [0.29, 0.717) is 6.54 Å². The van der Waals surface area contributed by atoms with Crippen molar-refractivity contribution < 1.29 is 8.42 Å². The highest BCUT2D eigenvalue weighted by molar-refractivity contribution is 7.89. The lowest BCUT2D eigenvalue weighted by Crippen LogP contribution is -2.35. The molecule has 1 saturated carbocycles. The Bertz CT molecular complexity index is 659. The van der Waals surface area contributed by atoms with Gasteiger partial charge in [0.05, 0.1) is 16.7 Å². The topological polar surface area (TPSA) is 70.0 Å². The fourth-order valence-corrected chi connectivity index (χ4v) is 4.57. The minimum atomic E-state index is -3.69. The molecule has 0 saturated heterocycles. The van der Waals surface area contributed by atoms with Gasteiger partial charge in [-0.25, -0.2) is 13.1 Å². The number of nitrogens with zero attached hydrogens (tertiary/aromatic N) is 1. The summed E-state index contributed by atoms with van der Waals surface area (Å²) in [6.07, 6.45) is 5.37. The van der Waals surface area contributed by atoms with Crippen LogP contribution in [0.2, 0.25) is 5.02 Å². The molecule has 0 heterocycles. The van der Waals surface area contributed by atoms with Gasteiger partial charge in [-0.15, -0.1) is 0 Å². The van der Waals surface area contributed by atoms with Gasteiger partial charge in [-0.1, -0.05) is 31.4 Å². The Labute approximate surface area is 131 Å². The van der Waals surface area contributed by atoms with Crippen LogP contribution in [0, 0.1) is 16.7 Å². The number of benzene rings is 1. The summed E-state index contributed by atoms with van der Waals surface area (Å²) < 4.78 is 27.5. The zero-order chi connectivity index (χ0) is 15.5. The number of hydrogen-bond acceptors (Lipinski definition) is 3. The molecule has 6 heteroatoms. The zero-order valence-electron chi connectivity index (χ0n) is 12.0. The first kappa shape index (κ1) is 16.3. The zero-order valence-corrected chi connectivity index (χ0v) is 13.6. The molecular weight excluding hydrogens is 308 g/mol. The lowest BCUT2D eigenvalue weighted by Gasteiger charge is -2.27. The van der Waals surface area contributed by atoms with Crippen LogP contribution in [-0.4, -0.2) is 15.0 Å². The minimum Gasteiger partial charge on any atom is -0.211 e. The monoisotopic (exact) mass is 326 g/mol. The molecule has 0 aliphatic heterocycles. The Morgan fingerprint density at radius 3 is 2.62 bits per heavy atom. The van der Waals surface area contributed by atoms with Gasteiger partial charge in [0.1, 0.15) is 4.90 Å². The van der Waals surface area contributed by atoms with Crippen LogP contribution >= 0.6 is 11.6 Å². The lowest BCUT2D eigenvalue weighted by molar-refractivity contribution is 0.285. The van der Waals surface area contributed by atoms with E-state index in [4.69, 9.17) is 16.9 Å². The van der Waals surface area contributed by atoms with E-state index in [0.717, 1.165) is 32.1 Å². The van der Waals surface area contributed by atoms with Crippen molar-refractivity contribution in [1.29, 1.82) is 5.26 Å². The first-order valence-electron chi connectivity index (χ1n) is 7.12. The molecule has 0 spiro atoms. The summed E-state index contributed by atoms with van der Waals surface area (Å²) in [5.74, 6) is 0. The van der Waals surface area contributed by atoms with Crippen LogP contribution in [0.3, 0.4) is 0 Å². The lowest BCUT2D eigenvalue weighted by atomic mass is 9.84. The molecule has 2 rings (SSSR count). The van der Waals surface area contributed by atoms with Crippen LogP contribution < -0.4 is 4.72 Å². The number of hydrogen-bond donors (Lipinski definition) is 1. The van der Waals surface area contributed by atoms with E-state index in [-0.39, 0.29) is 20.9 Å². The molecule has 1 aromatic rings. The van der Waals surface area contributed by atoms with Crippen molar-refractivity contribution in [2.75, 3.05) is 6.54 Å². The minimum absolute atomic E-state index is 0.0209. The van der Waals surface area contributed by atoms with Crippen LogP contribution in [0.1, 0.15) is 44.6 Å². The molecule has 0 aromatic heterocycles. The molecule has 1 aliphatic rings. The number of rotatable bonds is 5. The molecule has 21 heavy (non-hydrogen) atoms. The summed E-state index contributed by atoms with van der Waals surface area (Å²) in [7, 11) is -3.69. The van der Waals surface area contributed by atoms with Gasteiger partial charge in [-0.2, -0.15) is 5.26 Å². The summed E-state index contributed by atoms with van der Waals surface area (Å²) in [6.45, 7) is 2.53. The van der Waals surface area contributed by atoms with Gasteiger partial charge in [0, 0.05) is 6.54 Å². The highest BCUT2D eigenvalue weighted by Crippen LogP contribution is 2.40. The van der Waals surface area contributed by atoms with Gasteiger partial charge in [-0.05, 0) is 42.9 Å². The smallest absolute Gasteiger partial charge is 0.211 e. The van der Waals surface area contributed by atoms with Crippen molar-refractivity contribution in [2.45, 2.75) is 43.9 Å². The Balaban J connectivity index is 2.21. The van der Waals surface area contributed by atoms with Crippen molar-refractivity contribution in [3.63, 3.8) is 0 Å². The van der Waals surface area contributed by atoms with Crippen LogP contribution in [-0.2, 0) is 10.0 Å². The molecule has 1 aliphatic carbocycles. The number of sulfonamides is 1. The molecule has 0 atom stereocenters. The third-order valence-electron chi connectivity index (χ3n) is 4.40. The third kappa shape index (κ3) is 3.57. The van der Waals surface area contributed by atoms with Crippen LogP contribution in [0.15, 0.2) is 23.1 Å². The van der Waals surface area contributed by atoms with E-state index in [2.05, 4.69) is 11.6 Å². The van der Waals surface area contributed by atoms with E-state index >= 15 is 0 Å². The summed E-state index contributed by atoms with van der Waals surface area (Å²) in [5.41, 5.74) is 0.345. The summed E-state index contributed by atoms with van der Waals surface area (Å²) in [6, 6.07) is 6.20. The van der Waals surface area contributed by atoms with Crippen molar-refractivity contribution in [3.05, 3.63) is 28.8 Å². The Morgan fingerprint density at radius 1 is 1.38 bits per heavy atom. The van der Waals surface area contributed by atoms with Gasteiger partial charge in [0.15, 0.2) is 0 Å². The normalized spacial score (nSPS) is 17.6. The van der Waals surface area contributed by atoms with Crippen LogP contribution in [0.25, 0.3) is 0 Å². The molecule has 1 N–H and O–H groups in total. The molecule has 114 valence electrons. The maximum absolute atomic E-state index is 12.4.